The Hall–Kier alpha value is -2.15. The third-order valence-electron chi connectivity index (χ3n) is 5.10. The molecule has 2 atom stereocenters. The summed E-state index contributed by atoms with van der Waals surface area (Å²) in [6, 6.07) is 4.30. The van der Waals surface area contributed by atoms with Crippen molar-refractivity contribution in [1.82, 2.24) is 20.0 Å². The average Bonchev–Trinajstić information content (AvgIpc) is 3.35. The minimum absolute atomic E-state index is 0.183. The molecule has 2 saturated heterocycles. The second-order valence-corrected chi connectivity index (χ2v) is 6.58. The molecule has 0 aliphatic carbocycles. The first kappa shape index (κ1) is 15.4. The van der Waals surface area contributed by atoms with Crippen molar-refractivity contribution >= 4 is 5.91 Å². The molecular weight excluding hydrogens is 308 g/mol. The zero-order chi connectivity index (χ0) is 16.5. The van der Waals surface area contributed by atoms with Crippen LogP contribution in [0.5, 0.6) is 0 Å². The molecule has 7 nitrogen and oxygen atoms in total. The van der Waals surface area contributed by atoms with Gasteiger partial charge in [0.15, 0.2) is 5.76 Å². The summed E-state index contributed by atoms with van der Waals surface area (Å²) in [7, 11) is 0. The zero-order valence-corrected chi connectivity index (χ0v) is 13.9. The quantitative estimate of drug-likeness (QED) is 0.856. The molecule has 1 amide bonds. The number of nitrogens with zero attached hydrogens (tertiary/aromatic N) is 4. The Balaban J connectivity index is 1.47. The van der Waals surface area contributed by atoms with Crippen molar-refractivity contribution < 1.29 is 13.6 Å². The number of amides is 1. The van der Waals surface area contributed by atoms with Gasteiger partial charge in [-0.3, -0.25) is 9.69 Å². The van der Waals surface area contributed by atoms with Crippen LogP contribution in [0.2, 0.25) is 0 Å². The van der Waals surface area contributed by atoms with E-state index >= 15 is 0 Å². The van der Waals surface area contributed by atoms with Crippen LogP contribution in [0.1, 0.15) is 38.5 Å². The monoisotopic (exact) mass is 330 g/mol. The first-order valence-corrected chi connectivity index (χ1v) is 8.60. The summed E-state index contributed by atoms with van der Waals surface area (Å²) in [5, 5.41) is 8.22. The number of hydrogen-bond acceptors (Lipinski definition) is 6. The molecular formula is C17H22N4O3. The molecule has 0 radical (unpaired) electrons. The fourth-order valence-electron chi connectivity index (χ4n) is 4.06. The summed E-state index contributed by atoms with van der Waals surface area (Å²) in [4.78, 5) is 16.3. The summed E-state index contributed by atoms with van der Waals surface area (Å²) < 4.78 is 11.0. The van der Waals surface area contributed by atoms with Crippen LogP contribution >= 0.6 is 0 Å². The minimum atomic E-state index is 0.183. The lowest BCUT2D eigenvalue weighted by Crippen LogP contribution is -2.47. The van der Waals surface area contributed by atoms with E-state index in [-0.39, 0.29) is 5.91 Å². The molecule has 0 aromatic carbocycles. The van der Waals surface area contributed by atoms with Gasteiger partial charge in [0.05, 0.1) is 12.8 Å². The maximum absolute atomic E-state index is 11.9. The Morgan fingerprint density at radius 2 is 2.08 bits per heavy atom. The molecule has 24 heavy (non-hydrogen) atoms. The van der Waals surface area contributed by atoms with E-state index in [1.54, 1.807) is 25.3 Å². The lowest BCUT2D eigenvalue weighted by atomic mass is 10.0. The highest BCUT2D eigenvalue weighted by atomic mass is 16.4. The third-order valence-corrected chi connectivity index (χ3v) is 5.10. The highest BCUT2D eigenvalue weighted by Crippen LogP contribution is 2.31. The molecule has 0 saturated carbocycles. The number of rotatable bonds is 4. The van der Waals surface area contributed by atoms with E-state index in [1.807, 2.05) is 4.90 Å². The highest BCUT2D eigenvalue weighted by molar-refractivity contribution is 5.74. The number of furan rings is 1. The fourth-order valence-corrected chi connectivity index (χ4v) is 4.06. The Bertz CT molecular complexity index is 697. The van der Waals surface area contributed by atoms with E-state index in [2.05, 4.69) is 15.1 Å². The standard InChI is InChI=1S/C17H22N4O3/c1-12(22)21-9-3-6-14(21)13-5-2-8-20(13)11-16-18-19-17(24-16)15-7-4-10-23-15/h4,7,10,13-14H,2-3,5-6,8-9,11H2,1H3/t13-,14+/m0/s1. The number of carbonyl (C=O) groups is 1. The van der Waals surface area contributed by atoms with Crippen molar-refractivity contribution in [2.45, 2.75) is 51.2 Å². The van der Waals surface area contributed by atoms with Gasteiger partial charge >= 0.3 is 0 Å². The molecule has 0 unspecified atom stereocenters. The van der Waals surface area contributed by atoms with Crippen molar-refractivity contribution in [3.8, 4) is 11.7 Å². The molecule has 4 heterocycles. The van der Waals surface area contributed by atoms with Gasteiger partial charge < -0.3 is 13.7 Å². The van der Waals surface area contributed by atoms with Gasteiger partial charge in [-0.2, -0.15) is 0 Å². The van der Waals surface area contributed by atoms with Gasteiger partial charge in [0.25, 0.3) is 5.89 Å². The molecule has 128 valence electrons. The fraction of sp³-hybridized carbons (Fsp3) is 0.588. The van der Waals surface area contributed by atoms with E-state index < -0.39 is 0 Å². The first-order chi connectivity index (χ1) is 11.7. The van der Waals surface area contributed by atoms with Crippen LogP contribution in [-0.4, -0.2) is 51.1 Å². The van der Waals surface area contributed by atoms with Crippen molar-refractivity contribution in [1.29, 1.82) is 0 Å². The van der Waals surface area contributed by atoms with Crippen LogP contribution in [0.4, 0.5) is 0 Å². The second-order valence-electron chi connectivity index (χ2n) is 6.58. The van der Waals surface area contributed by atoms with E-state index in [9.17, 15) is 4.79 Å². The van der Waals surface area contributed by atoms with Gasteiger partial charge in [-0.1, -0.05) is 0 Å². The van der Waals surface area contributed by atoms with Crippen LogP contribution in [-0.2, 0) is 11.3 Å². The Kier molecular flexibility index (Phi) is 4.10. The third kappa shape index (κ3) is 2.84. The molecule has 4 rings (SSSR count). The highest BCUT2D eigenvalue weighted by Gasteiger charge is 2.39. The summed E-state index contributed by atoms with van der Waals surface area (Å²) >= 11 is 0. The SMILES string of the molecule is CC(=O)N1CCC[C@@H]1[C@@H]1CCCN1Cc1nnc(-c2ccco2)o1. The predicted octanol–water partition coefficient (Wildman–Crippen LogP) is 2.30. The van der Waals surface area contributed by atoms with E-state index in [0.717, 1.165) is 38.8 Å². The van der Waals surface area contributed by atoms with Gasteiger partial charge in [0.2, 0.25) is 11.8 Å². The molecule has 0 bridgehead atoms. The smallest absolute Gasteiger partial charge is 0.283 e. The zero-order valence-electron chi connectivity index (χ0n) is 13.9. The summed E-state index contributed by atoms with van der Waals surface area (Å²) in [5.41, 5.74) is 0. The second kappa shape index (κ2) is 6.39. The van der Waals surface area contributed by atoms with Crippen molar-refractivity contribution in [3.63, 3.8) is 0 Å². The van der Waals surface area contributed by atoms with Gasteiger partial charge in [-0.15, -0.1) is 10.2 Å². The van der Waals surface area contributed by atoms with E-state index in [1.165, 1.54) is 0 Å². The molecule has 7 heteroatoms. The minimum Gasteiger partial charge on any atom is -0.459 e. The number of aromatic nitrogens is 2. The molecule has 2 aromatic rings. The summed E-state index contributed by atoms with van der Waals surface area (Å²) in [6.45, 7) is 4.19. The lowest BCUT2D eigenvalue weighted by Gasteiger charge is -2.33. The molecule has 2 aliphatic rings. The number of likely N-dealkylation sites (tertiary alicyclic amines) is 2. The largest absolute Gasteiger partial charge is 0.459 e. The molecule has 0 N–H and O–H groups in total. The van der Waals surface area contributed by atoms with Crippen molar-refractivity contribution in [2.75, 3.05) is 13.1 Å². The van der Waals surface area contributed by atoms with Crippen LogP contribution in [0.15, 0.2) is 27.2 Å². The van der Waals surface area contributed by atoms with Crippen molar-refractivity contribution in [2.24, 2.45) is 0 Å². The Labute approximate surface area is 140 Å². The summed E-state index contributed by atoms with van der Waals surface area (Å²) in [5.74, 6) is 1.78. The number of hydrogen-bond donors (Lipinski definition) is 0. The molecule has 2 aliphatic heterocycles. The molecule has 0 spiro atoms. The topological polar surface area (TPSA) is 75.6 Å². The predicted molar refractivity (Wildman–Crippen MR) is 85.8 cm³/mol. The maximum atomic E-state index is 11.9. The number of carbonyl (C=O) groups excluding carboxylic acids is 1. The van der Waals surface area contributed by atoms with E-state index in [0.29, 0.717) is 36.2 Å². The average molecular weight is 330 g/mol. The van der Waals surface area contributed by atoms with Gasteiger partial charge in [-0.25, -0.2) is 0 Å². The maximum Gasteiger partial charge on any atom is 0.283 e. The van der Waals surface area contributed by atoms with Crippen LogP contribution in [0.3, 0.4) is 0 Å². The Morgan fingerprint density at radius 1 is 1.25 bits per heavy atom. The van der Waals surface area contributed by atoms with Crippen LogP contribution in [0.25, 0.3) is 11.7 Å². The van der Waals surface area contributed by atoms with Gasteiger partial charge in [0.1, 0.15) is 0 Å². The Morgan fingerprint density at radius 3 is 2.88 bits per heavy atom. The van der Waals surface area contributed by atoms with Crippen LogP contribution < -0.4 is 0 Å². The molecule has 2 aromatic heterocycles. The van der Waals surface area contributed by atoms with Crippen molar-refractivity contribution in [3.05, 3.63) is 24.3 Å². The first-order valence-electron chi connectivity index (χ1n) is 8.60. The summed E-state index contributed by atoms with van der Waals surface area (Å²) in [6.07, 6.45) is 6.03. The lowest BCUT2D eigenvalue weighted by molar-refractivity contribution is -0.130. The van der Waals surface area contributed by atoms with Gasteiger partial charge in [-0.05, 0) is 44.4 Å². The van der Waals surface area contributed by atoms with E-state index in [4.69, 9.17) is 8.83 Å². The molecule has 2 fully saturated rings. The normalized spacial score (nSPS) is 24.8. The van der Waals surface area contributed by atoms with Crippen LogP contribution in [0, 0.1) is 0 Å². The van der Waals surface area contributed by atoms with Gasteiger partial charge in [0, 0.05) is 25.6 Å².